The monoisotopic (exact) mass is 426 g/mol. The second kappa shape index (κ2) is 8.87. The number of benzene rings is 1. The topological polar surface area (TPSA) is 67.8 Å². The predicted octanol–water partition coefficient (Wildman–Crippen LogP) is 3.70. The quantitative estimate of drug-likeness (QED) is 0.599. The molecule has 1 aromatic carbocycles. The Morgan fingerprint density at radius 3 is 2.67 bits per heavy atom. The fraction of sp³-hybridized carbons (Fsp3) is 0.409. The molecule has 1 fully saturated rings. The van der Waals surface area contributed by atoms with E-state index in [9.17, 15) is 4.79 Å². The summed E-state index contributed by atoms with van der Waals surface area (Å²) in [4.78, 5) is 26.9. The maximum atomic E-state index is 13.0. The lowest BCUT2D eigenvalue weighted by Gasteiger charge is -2.35. The highest BCUT2D eigenvalue weighted by Crippen LogP contribution is 2.30. The van der Waals surface area contributed by atoms with Crippen LogP contribution < -0.4 is 14.4 Å². The number of hydrogen-bond acceptors (Lipinski definition) is 7. The van der Waals surface area contributed by atoms with Crippen molar-refractivity contribution in [1.29, 1.82) is 0 Å². The van der Waals surface area contributed by atoms with Gasteiger partial charge in [-0.3, -0.25) is 4.79 Å². The van der Waals surface area contributed by atoms with Gasteiger partial charge in [-0.05, 0) is 35.6 Å². The van der Waals surface area contributed by atoms with Crippen LogP contribution in [0.1, 0.15) is 24.2 Å². The summed E-state index contributed by atoms with van der Waals surface area (Å²) in [5.74, 6) is 2.61. The molecular weight excluding hydrogens is 400 g/mol. The number of piperazine rings is 1. The first-order valence-electron chi connectivity index (χ1n) is 10.1. The molecule has 0 unspecified atom stereocenters. The highest BCUT2D eigenvalue weighted by atomic mass is 32.1. The van der Waals surface area contributed by atoms with Gasteiger partial charge in [-0.2, -0.15) is 0 Å². The van der Waals surface area contributed by atoms with Gasteiger partial charge < -0.3 is 19.3 Å². The number of aromatic nitrogens is 2. The molecule has 30 heavy (non-hydrogen) atoms. The van der Waals surface area contributed by atoms with Gasteiger partial charge in [-0.25, -0.2) is 9.97 Å². The van der Waals surface area contributed by atoms with E-state index >= 15 is 0 Å². The molecule has 1 aliphatic heterocycles. The molecule has 0 spiro atoms. The van der Waals surface area contributed by atoms with Crippen LogP contribution in [0.25, 0.3) is 10.2 Å². The highest BCUT2D eigenvalue weighted by Gasteiger charge is 2.25. The summed E-state index contributed by atoms with van der Waals surface area (Å²) in [5.41, 5.74) is 0.611. The number of hydrogen-bond donors (Lipinski definition) is 0. The van der Waals surface area contributed by atoms with E-state index in [-0.39, 0.29) is 5.91 Å². The molecule has 1 aliphatic rings. The minimum Gasteiger partial charge on any atom is -0.493 e. The van der Waals surface area contributed by atoms with Crippen molar-refractivity contribution >= 4 is 33.3 Å². The maximum absolute atomic E-state index is 13.0. The standard InChI is InChI=1S/C22H26N4O3S/c1-15(2)13-29-18-5-4-16(12-19(18)28-3)22(27)26-9-7-25(8-10-26)20-17-6-11-30-21(17)24-14-23-20/h4-6,11-12,14-15H,7-10,13H2,1-3H3. The molecule has 2 aromatic heterocycles. The molecule has 3 aromatic rings. The smallest absolute Gasteiger partial charge is 0.254 e. The fourth-order valence-corrected chi connectivity index (χ4v) is 4.24. The molecule has 8 heteroatoms. The number of nitrogens with zero attached hydrogens (tertiary/aromatic N) is 4. The van der Waals surface area contributed by atoms with Gasteiger partial charge in [0.25, 0.3) is 5.91 Å². The zero-order chi connectivity index (χ0) is 21.1. The molecule has 3 heterocycles. The molecule has 0 aliphatic carbocycles. The molecule has 0 atom stereocenters. The Hall–Kier alpha value is -2.87. The van der Waals surface area contributed by atoms with Crippen molar-refractivity contribution in [3.63, 3.8) is 0 Å². The van der Waals surface area contributed by atoms with Crippen LogP contribution in [0.4, 0.5) is 5.82 Å². The first-order valence-corrected chi connectivity index (χ1v) is 11.0. The molecule has 1 saturated heterocycles. The van der Waals surface area contributed by atoms with Gasteiger partial charge in [0.1, 0.15) is 17.0 Å². The van der Waals surface area contributed by atoms with Crippen molar-refractivity contribution < 1.29 is 14.3 Å². The second-order valence-corrected chi connectivity index (χ2v) is 8.58. The average Bonchev–Trinajstić information content (AvgIpc) is 3.26. The lowest BCUT2D eigenvalue weighted by atomic mass is 10.1. The average molecular weight is 427 g/mol. The molecule has 0 radical (unpaired) electrons. The number of anilines is 1. The Balaban J connectivity index is 1.43. The lowest BCUT2D eigenvalue weighted by molar-refractivity contribution is 0.0746. The predicted molar refractivity (Wildman–Crippen MR) is 119 cm³/mol. The number of fused-ring (bicyclic) bond motifs is 1. The third kappa shape index (κ3) is 4.18. The van der Waals surface area contributed by atoms with Crippen LogP contribution in [-0.4, -0.2) is 60.7 Å². The Kier molecular flexibility index (Phi) is 6.03. The molecule has 4 rings (SSSR count). The minimum absolute atomic E-state index is 0.00623. The third-order valence-corrected chi connectivity index (χ3v) is 5.91. The largest absolute Gasteiger partial charge is 0.493 e. The zero-order valence-electron chi connectivity index (χ0n) is 17.5. The van der Waals surface area contributed by atoms with E-state index in [1.165, 1.54) is 0 Å². The molecule has 1 amide bonds. The Labute approximate surface area is 180 Å². The Bertz CT molecular complexity index is 1030. The summed E-state index contributed by atoms with van der Waals surface area (Å²) in [6.07, 6.45) is 1.61. The van der Waals surface area contributed by atoms with E-state index in [1.807, 2.05) is 22.4 Å². The van der Waals surface area contributed by atoms with E-state index in [1.54, 1.807) is 30.8 Å². The van der Waals surface area contributed by atoms with Crippen LogP contribution in [0.5, 0.6) is 11.5 Å². The molecule has 0 N–H and O–H groups in total. The van der Waals surface area contributed by atoms with Crippen molar-refractivity contribution in [3.8, 4) is 11.5 Å². The van der Waals surface area contributed by atoms with E-state index < -0.39 is 0 Å². The number of carbonyl (C=O) groups is 1. The number of thiophene rings is 1. The van der Waals surface area contributed by atoms with E-state index in [4.69, 9.17) is 9.47 Å². The van der Waals surface area contributed by atoms with Crippen LogP contribution >= 0.6 is 11.3 Å². The summed E-state index contributed by atoms with van der Waals surface area (Å²) in [7, 11) is 1.59. The molecule has 158 valence electrons. The number of rotatable bonds is 6. The first-order chi connectivity index (χ1) is 14.6. The van der Waals surface area contributed by atoms with Gasteiger partial charge in [-0.15, -0.1) is 11.3 Å². The van der Waals surface area contributed by atoms with Crippen LogP contribution in [0, 0.1) is 5.92 Å². The normalized spacial score (nSPS) is 14.4. The van der Waals surface area contributed by atoms with E-state index in [2.05, 4.69) is 34.8 Å². The third-order valence-electron chi connectivity index (χ3n) is 5.09. The molecular formula is C22H26N4O3S. The van der Waals surface area contributed by atoms with Gasteiger partial charge in [0, 0.05) is 31.7 Å². The number of amides is 1. The van der Waals surface area contributed by atoms with Crippen LogP contribution in [0.3, 0.4) is 0 Å². The Morgan fingerprint density at radius 2 is 1.93 bits per heavy atom. The van der Waals surface area contributed by atoms with Crippen LogP contribution in [-0.2, 0) is 0 Å². The molecule has 0 saturated carbocycles. The fourth-order valence-electron chi connectivity index (χ4n) is 3.51. The minimum atomic E-state index is 0.00623. The van der Waals surface area contributed by atoms with Gasteiger partial charge in [-0.1, -0.05) is 13.8 Å². The van der Waals surface area contributed by atoms with Gasteiger partial charge >= 0.3 is 0 Å². The summed E-state index contributed by atoms with van der Waals surface area (Å²) in [6, 6.07) is 7.46. The van der Waals surface area contributed by atoms with E-state index in [0.29, 0.717) is 42.7 Å². The first kappa shape index (κ1) is 20.4. The van der Waals surface area contributed by atoms with Crippen LogP contribution in [0.15, 0.2) is 36.0 Å². The Morgan fingerprint density at radius 1 is 1.13 bits per heavy atom. The van der Waals surface area contributed by atoms with Crippen LogP contribution in [0.2, 0.25) is 0 Å². The van der Waals surface area contributed by atoms with Crippen molar-refractivity contribution in [2.75, 3.05) is 44.8 Å². The summed E-state index contributed by atoms with van der Waals surface area (Å²) in [6.45, 7) is 7.54. The SMILES string of the molecule is COc1cc(C(=O)N2CCN(c3ncnc4sccc34)CC2)ccc1OCC(C)C. The maximum Gasteiger partial charge on any atom is 0.254 e. The van der Waals surface area contributed by atoms with Crippen molar-refractivity contribution in [2.24, 2.45) is 5.92 Å². The summed E-state index contributed by atoms with van der Waals surface area (Å²) >= 11 is 1.61. The van der Waals surface area contributed by atoms with Crippen molar-refractivity contribution in [1.82, 2.24) is 14.9 Å². The molecule has 0 bridgehead atoms. The number of ether oxygens (including phenoxy) is 2. The van der Waals surface area contributed by atoms with Gasteiger partial charge in [0.15, 0.2) is 11.5 Å². The highest BCUT2D eigenvalue weighted by molar-refractivity contribution is 7.16. The van der Waals surface area contributed by atoms with E-state index in [0.717, 1.165) is 29.1 Å². The lowest BCUT2D eigenvalue weighted by Crippen LogP contribution is -2.49. The summed E-state index contributed by atoms with van der Waals surface area (Å²) < 4.78 is 11.2. The molecule has 7 nitrogen and oxygen atoms in total. The number of methoxy groups -OCH3 is 1. The van der Waals surface area contributed by atoms with Gasteiger partial charge in [0.05, 0.1) is 19.1 Å². The van der Waals surface area contributed by atoms with Gasteiger partial charge in [0.2, 0.25) is 0 Å². The summed E-state index contributed by atoms with van der Waals surface area (Å²) in [5, 5.41) is 3.11. The van der Waals surface area contributed by atoms with Crippen molar-refractivity contribution in [2.45, 2.75) is 13.8 Å². The second-order valence-electron chi connectivity index (χ2n) is 7.69. The van der Waals surface area contributed by atoms with Crippen molar-refractivity contribution in [3.05, 3.63) is 41.5 Å². The zero-order valence-corrected chi connectivity index (χ0v) is 18.3. The number of carbonyl (C=O) groups excluding carboxylic acids is 1.